The van der Waals surface area contributed by atoms with Gasteiger partial charge in [0, 0.05) is 18.0 Å². The van der Waals surface area contributed by atoms with Crippen LogP contribution in [0.4, 0.5) is 0 Å². The van der Waals surface area contributed by atoms with Crippen LogP contribution in [0.3, 0.4) is 0 Å². The molecule has 156 valence electrons. The average Bonchev–Trinajstić information content (AvgIpc) is 3.02. The molecule has 1 aromatic carbocycles. The molecule has 0 saturated carbocycles. The summed E-state index contributed by atoms with van der Waals surface area (Å²) < 4.78 is 11.1. The van der Waals surface area contributed by atoms with Crippen molar-refractivity contribution in [1.82, 2.24) is 9.88 Å². The summed E-state index contributed by atoms with van der Waals surface area (Å²) in [6.07, 6.45) is 3.24. The van der Waals surface area contributed by atoms with Gasteiger partial charge in [0.2, 0.25) is 0 Å². The lowest BCUT2D eigenvalue weighted by molar-refractivity contribution is -0.857. The highest BCUT2D eigenvalue weighted by molar-refractivity contribution is 6.46. The van der Waals surface area contributed by atoms with Crippen molar-refractivity contribution < 1.29 is 29.1 Å². The highest BCUT2D eigenvalue weighted by atomic mass is 16.6. The molecule has 0 aliphatic carbocycles. The van der Waals surface area contributed by atoms with Gasteiger partial charge in [0.25, 0.3) is 11.7 Å². The maximum atomic E-state index is 13.0. The van der Waals surface area contributed by atoms with E-state index in [4.69, 9.17) is 9.47 Å². The molecule has 2 aromatic rings. The van der Waals surface area contributed by atoms with E-state index in [9.17, 15) is 14.7 Å². The number of likely N-dealkylation sites (N-methyl/N-ethyl adjacent to an activating group) is 1. The van der Waals surface area contributed by atoms with Crippen LogP contribution in [0.2, 0.25) is 0 Å². The van der Waals surface area contributed by atoms with Crippen LogP contribution >= 0.6 is 0 Å². The Hall–Kier alpha value is -3.39. The molecule has 0 radical (unpaired) electrons. The van der Waals surface area contributed by atoms with Gasteiger partial charge < -0.3 is 24.4 Å². The summed E-state index contributed by atoms with van der Waals surface area (Å²) in [5, 5.41) is 11.1. The third kappa shape index (κ3) is 3.61. The van der Waals surface area contributed by atoms with Crippen molar-refractivity contribution in [2.75, 3.05) is 40.4 Å². The molecule has 1 aromatic heterocycles. The van der Waals surface area contributed by atoms with Crippen LogP contribution in [-0.4, -0.2) is 67.1 Å². The summed E-state index contributed by atoms with van der Waals surface area (Å²) in [6, 6.07) is 7.81. The number of amides is 1. The molecule has 2 N–H and O–H groups in total. The number of nitrogens with zero attached hydrogens (tertiary/aromatic N) is 2. The van der Waals surface area contributed by atoms with E-state index < -0.39 is 17.7 Å². The third-order valence-corrected chi connectivity index (χ3v) is 5.21. The van der Waals surface area contributed by atoms with Crippen molar-refractivity contribution >= 4 is 17.4 Å². The van der Waals surface area contributed by atoms with Crippen molar-refractivity contribution in [2.45, 2.75) is 6.04 Å². The molecule has 1 amide bonds. The number of aliphatic hydroxyl groups excluding tert-OH is 1. The van der Waals surface area contributed by atoms with Crippen LogP contribution < -0.4 is 14.4 Å². The minimum Gasteiger partial charge on any atom is -0.507 e. The lowest BCUT2D eigenvalue weighted by atomic mass is 9.96. The van der Waals surface area contributed by atoms with Crippen molar-refractivity contribution in [2.24, 2.45) is 0 Å². The van der Waals surface area contributed by atoms with Crippen molar-refractivity contribution in [3.05, 3.63) is 59.4 Å². The summed E-state index contributed by atoms with van der Waals surface area (Å²) in [7, 11) is 3.95. The standard InChI is InChI=1S/C22H23N3O5/c1-24(2)8-9-25-19(15-4-3-7-23-13-15)18(21(27)22(25)28)20(26)14-5-6-16-17(12-14)30-11-10-29-16/h3-7,12-13,19,26H,8-11H2,1-2H3/p+1/t19-/m1/s1. The number of carbonyl (C=O) groups excluding carboxylic acids is 2. The van der Waals surface area contributed by atoms with Gasteiger partial charge in [0.1, 0.15) is 19.0 Å². The number of hydrogen-bond acceptors (Lipinski definition) is 6. The predicted octanol–water partition coefficient (Wildman–Crippen LogP) is 0.419. The van der Waals surface area contributed by atoms with Gasteiger partial charge in [0.05, 0.1) is 38.8 Å². The minimum atomic E-state index is -0.704. The highest BCUT2D eigenvalue weighted by Gasteiger charge is 2.46. The van der Waals surface area contributed by atoms with E-state index in [0.29, 0.717) is 48.9 Å². The molecule has 30 heavy (non-hydrogen) atoms. The van der Waals surface area contributed by atoms with Gasteiger partial charge in [-0.05, 0) is 29.8 Å². The van der Waals surface area contributed by atoms with E-state index in [-0.39, 0.29) is 11.3 Å². The molecule has 3 heterocycles. The van der Waals surface area contributed by atoms with Crippen LogP contribution in [0.5, 0.6) is 11.5 Å². The molecule has 1 atom stereocenters. The topological polar surface area (TPSA) is 93.4 Å². The third-order valence-electron chi connectivity index (χ3n) is 5.21. The number of hydrogen-bond donors (Lipinski definition) is 2. The molecule has 0 bridgehead atoms. The quantitative estimate of drug-likeness (QED) is 0.422. The number of ether oxygens (including phenoxy) is 2. The Morgan fingerprint density at radius 2 is 1.97 bits per heavy atom. The number of fused-ring (bicyclic) bond motifs is 1. The molecule has 0 spiro atoms. The Morgan fingerprint density at radius 1 is 1.20 bits per heavy atom. The number of aromatic nitrogens is 1. The van der Waals surface area contributed by atoms with Crippen molar-refractivity contribution in [3.8, 4) is 11.5 Å². The summed E-state index contributed by atoms with van der Waals surface area (Å²) in [5.41, 5.74) is 1.12. The number of rotatable bonds is 5. The van der Waals surface area contributed by atoms with Gasteiger partial charge in [0.15, 0.2) is 11.5 Å². The largest absolute Gasteiger partial charge is 0.507 e. The van der Waals surface area contributed by atoms with E-state index in [1.54, 1.807) is 42.7 Å². The first-order valence-corrected chi connectivity index (χ1v) is 9.84. The van der Waals surface area contributed by atoms with E-state index in [1.165, 1.54) is 4.90 Å². The monoisotopic (exact) mass is 410 g/mol. The Bertz CT molecular complexity index is 1000. The number of benzene rings is 1. The Labute approximate surface area is 174 Å². The van der Waals surface area contributed by atoms with Gasteiger partial charge in [-0.2, -0.15) is 0 Å². The summed E-state index contributed by atoms with van der Waals surface area (Å²) in [4.78, 5) is 32.6. The smallest absolute Gasteiger partial charge is 0.295 e. The van der Waals surface area contributed by atoms with E-state index >= 15 is 0 Å². The highest BCUT2D eigenvalue weighted by Crippen LogP contribution is 2.40. The van der Waals surface area contributed by atoms with Crippen molar-refractivity contribution in [3.63, 3.8) is 0 Å². The number of ketones is 1. The maximum absolute atomic E-state index is 13.0. The summed E-state index contributed by atoms with van der Waals surface area (Å²) >= 11 is 0. The second-order valence-electron chi connectivity index (χ2n) is 7.59. The van der Waals surface area contributed by atoms with Crippen LogP contribution in [0.25, 0.3) is 5.76 Å². The molecule has 8 nitrogen and oxygen atoms in total. The number of carbonyl (C=O) groups is 2. The number of likely N-dealkylation sites (tertiary alicyclic amines) is 1. The van der Waals surface area contributed by atoms with Crippen LogP contribution in [0.15, 0.2) is 48.3 Å². The van der Waals surface area contributed by atoms with Crippen LogP contribution in [-0.2, 0) is 9.59 Å². The molecular weight excluding hydrogens is 386 g/mol. The fraction of sp³-hybridized carbons (Fsp3) is 0.318. The van der Waals surface area contributed by atoms with Gasteiger partial charge in [-0.3, -0.25) is 14.6 Å². The molecule has 2 aliphatic heterocycles. The number of pyridine rings is 1. The zero-order valence-corrected chi connectivity index (χ0v) is 16.9. The molecule has 4 rings (SSSR count). The second kappa shape index (κ2) is 8.16. The first-order chi connectivity index (χ1) is 14.5. The Morgan fingerprint density at radius 3 is 2.67 bits per heavy atom. The number of nitrogens with one attached hydrogen (secondary N) is 1. The summed E-state index contributed by atoms with van der Waals surface area (Å²) in [6.45, 7) is 1.90. The number of quaternary nitrogens is 1. The molecule has 1 fully saturated rings. The lowest BCUT2D eigenvalue weighted by Crippen LogP contribution is -3.06. The number of Topliss-reactive ketones (excluding diaryl/α,β-unsaturated/α-hetero) is 1. The predicted molar refractivity (Wildman–Crippen MR) is 108 cm³/mol. The second-order valence-corrected chi connectivity index (χ2v) is 7.59. The SMILES string of the molecule is C[NH+](C)CCN1C(=O)C(=O)C(=C(O)c2ccc3c(c2)OCCO3)[C@H]1c1cccnc1. The zero-order valence-electron chi connectivity index (χ0n) is 16.9. The molecule has 1 saturated heterocycles. The maximum Gasteiger partial charge on any atom is 0.295 e. The fourth-order valence-corrected chi connectivity index (χ4v) is 3.69. The van der Waals surface area contributed by atoms with Gasteiger partial charge in [-0.15, -0.1) is 0 Å². The first-order valence-electron chi connectivity index (χ1n) is 9.84. The number of aliphatic hydroxyl groups is 1. The fourth-order valence-electron chi connectivity index (χ4n) is 3.69. The van der Waals surface area contributed by atoms with Crippen LogP contribution in [0.1, 0.15) is 17.2 Å². The minimum absolute atomic E-state index is 0.0541. The van der Waals surface area contributed by atoms with Gasteiger partial charge in [-0.25, -0.2) is 0 Å². The molecular formula is C22H24N3O5+. The van der Waals surface area contributed by atoms with Gasteiger partial charge >= 0.3 is 0 Å². The van der Waals surface area contributed by atoms with E-state index in [1.807, 2.05) is 14.1 Å². The zero-order chi connectivity index (χ0) is 21.3. The average molecular weight is 410 g/mol. The Balaban J connectivity index is 1.81. The lowest BCUT2D eigenvalue weighted by Gasteiger charge is -2.25. The normalized spacial score (nSPS) is 20.1. The summed E-state index contributed by atoms with van der Waals surface area (Å²) in [5.74, 6) is -0.488. The van der Waals surface area contributed by atoms with Crippen LogP contribution in [0, 0.1) is 0 Å². The van der Waals surface area contributed by atoms with Gasteiger partial charge in [-0.1, -0.05) is 6.07 Å². The molecule has 2 aliphatic rings. The molecule has 0 unspecified atom stereocenters. The van der Waals surface area contributed by atoms with E-state index in [0.717, 1.165) is 4.90 Å². The van der Waals surface area contributed by atoms with Crippen molar-refractivity contribution in [1.29, 1.82) is 0 Å². The molecule has 8 heteroatoms. The Kier molecular flexibility index (Phi) is 5.41. The van der Waals surface area contributed by atoms with E-state index in [2.05, 4.69) is 4.98 Å². The first kappa shape index (κ1) is 19.9.